The van der Waals surface area contributed by atoms with Crippen LogP contribution in [-0.4, -0.2) is 21.1 Å². The first-order chi connectivity index (χ1) is 7.33. The van der Waals surface area contributed by atoms with Gasteiger partial charge in [-0.15, -0.1) is 0 Å². The molecule has 0 aliphatic heterocycles. The van der Waals surface area contributed by atoms with Crippen LogP contribution in [0.3, 0.4) is 0 Å². The largest absolute Gasteiger partial charge is 0.304 e. The predicted octanol–water partition coefficient (Wildman–Crippen LogP) is 2.29. The maximum Gasteiger partial charge on any atom is 0.137 e. The highest BCUT2D eigenvalue weighted by Crippen LogP contribution is 2.12. The van der Waals surface area contributed by atoms with Crippen LogP contribution in [0.4, 0.5) is 0 Å². The topological polar surface area (TPSA) is 29.7 Å². The van der Waals surface area contributed by atoms with Gasteiger partial charge in [0.2, 0.25) is 0 Å². The molecule has 76 valence electrons. The molecule has 0 aromatic carbocycles. The van der Waals surface area contributed by atoms with Gasteiger partial charge in [-0.3, -0.25) is 0 Å². The van der Waals surface area contributed by atoms with E-state index in [1.165, 1.54) is 5.69 Å². The first-order valence-corrected chi connectivity index (χ1v) is 5.20. The zero-order valence-electron chi connectivity index (χ0n) is 8.47. The molecule has 0 amide bonds. The molecule has 0 unspecified atom stereocenters. The fraction of sp³-hybridized carbons (Fsp3) is 0.273. The van der Waals surface area contributed by atoms with E-state index >= 15 is 0 Å². The van der Waals surface area contributed by atoms with Crippen molar-refractivity contribution in [2.24, 2.45) is 4.99 Å². The molecule has 0 N–H and O–H groups in total. The Labute approximate surface area is 93.5 Å². The van der Waals surface area contributed by atoms with Gasteiger partial charge in [0.15, 0.2) is 0 Å². The molecular formula is C11H11N3S. The van der Waals surface area contributed by atoms with E-state index in [2.05, 4.69) is 31.8 Å². The van der Waals surface area contributed by atoms with Gasteiger partial charge in [-0.05, 0) is 31.3 Å². The van der Waals surface area contributed by atoms with Crippen molar-refractivity contribution < 1.29 is 0 Å². The van der Waals surface area contributed by atoms with Gasteiger partial charge in [0, 0.05) is 18.3 Å². The number of pyridine rings is 1. The standard InChI is InChI=1S/C11H11N3S/c1-9-10(5-6-12-8-15)14-7-3-2-4-11(14)13-9/h2-4,7H,5-6H2,1H3. The Morgan fingerprint density at radius 1 is 1.53 bits per heavy atom. The van der Waals surface area contributed by atoms with Crippen molar-refractivity contribution in [2.75, 3.05) is 6.54 Å². The number of imidazole rings is 1. The lowest BCUT2D eigenvalue weighted by molar-refractivity contribution is 0.898. The molecule has 0 bridgehead atoms. The average molecular weight is 217 g/mol. The summed E-state index contributed by atoms with van der Waals surface area (Å²) < 4.78 is 2.09. The summed E-state index contributed by atoms with van der Waals surface area (Å²) in [5.74, 6) is 0. The van der Waals surface area contributed by atoms with E-state index in [0.29, 0.717) is 6.54 Å². The van der Waals surface area contributed by atoms with Crippen molar-refractivity contribution in [1.82, 2.24) is 9.38 Å². The molecule has 2 rings (SSSR count). The van der Waals surface area contributed by atoms with Gasteiger partial charge in [-0.1, -0.05) is 6.07 Å². The third kappa shape index (κ3) is 1.96. The first kappa shape index (κ1) is 10.0. The Hall–Kier alpha value is -1.51. The lowest BCUT2D eigenvalue weighted by atomic mass is 10.2. The highest BCUT2D eigenvalue weighted by Gasteiger charge is 2.06. The predicted molar refractivity (Wildman–Crippen MR) is 63.5 cm³/mol. The number of fused-ring (bicyclic) bond motifs is 1. The molecule has 0 atom stereocenters. The zero-order valence-corrected chi connectivity index (χ0v) is 9.29. The van der Waals surface area contributed by atoms with Crippen molar-refractivity contribution >= 4 is 23.0 Å². The third-order valence-electron chi connectivity index (χ3n) is 2.35. The number of aliphatic imine (C=N–C) groups is 1. The molecule has 0 saturated heterocycles. The monoisotopic (exact) mass is 217 g/mol. The molecule has 4 heteroatoms. The smallest absolute Gasteiger partial charge is 0.137 e. The number of hydrogen-bond donors (Lipinski definition) is 0. The highest BCUT2D eigenvalue weighted by molar-refractivity contribution is 7.78. The molecule has 0 aliphatic rings. The van der Waals surface area contributed by atoms with Crippen LogP contribution in [0.15, 0.2) is 29.4 Å². The molecule has 0 saturated carbocycles. The van der Waals surface area contributed by atoms with Gasteiger partial charge >= 0.3 is 0 Å². The maximum atomic E-state index is 4.54. The van der Waals surface area contributed by atoms with Crippen LogP contribution in [0.25, 0.3) is 5.65 Å². The van der Waals surface area contributed by atoms with Gasteiger partial charge in [-0.25, -0.2) is 9.98 Å². The number of hydrogen-bond acceptors (Lipinski definition) is 3. The summed E-state index contributed by atoms with van der Waals surface area (Å²) in [7, 11) is 0. The van der Waals surface area contributed by atoms with Gasteiger partial charge in [0.25, 0.3) is 0 Å². The number of aryl methyl sites for hydroxylation is 1. The summed E-state index contributed by atoms with van der Waals surface area (Å²) in [6.07, 6.45) is 2.87. The first-order valence-electron chi connectivity index (χ1n) is 4.79. The highest BCUT2D eigenvalue weighted by atomic mass is 32.1. The molecule has 0 fully saturated rings. The minimum Gasteiger partial charge on any atom is -0.304 e. The summed E-state index contributed by atoms with van der Waals surface area (Å²) in [5, 5.41) is 2.38. The van der Waals surface area contributed by atoms with Gasteiger partial charge in [0.05, 0.1) is 17.4 Å². The lowest BCUT2D eigenvalue weighted by Crippen LogP contribution is -1.96. The molecule has 3 nitrogen and oxygen atoms in total. The summed E-state index contributed by atoms with van der Waals surface area (Å²) in [6.45, 7) is 2.69. The van der Waals surface area contributed by atoms with Crippen LogP contribution < -0.4 is 0 Å². The maximum absolute atomic E-state index is 4.54. The number of nitrogens with zero attached hydrogens (tertiary/aromatic N) is 3. The van der Waals surface area contributed by atoms with Gasteiger partial charge in [-0.2, -0.15) is 0 Å². The normalized spacial score (nSPS) is 10.2. The molecule has 0 spiro atoms. The van der Waals surface area contributed by atoms with Crippen molar-refractivity contribution in [2.45, 2.75) is 13.3 Å². The van der Waals surface area contributed by atoms with Gasteiger partial charge in [0.1, 0.15) is 5.65 Å². The molecule has 2 aromatic heterocycles. The Balaban J connectivity index is 2.40. The molecule has 2 aromatic rings. The Bertz CT molecular complexity index is 524. The molecular weight excluding hydrogens is 206 g/mol. The average Bonchev–Trinajstić information content (AvgIpc) is 2.56. The third-order valence-corrected chi connectivity index (χ3v) is 2.48. The van der Waals surface area contributed by atoms with Crippen molar-refractivity contribution in [3.05, 3.63) is 35.8 Å². The summed E-state index contributed by atoms with van der Waals surface area (Å²) in [4.78, 5) is 8.38. The van der Waals surface area contributed by atoms with Gasteiger partial charge < -0.3 is 4.40 Å². The second kappa shape index (κ2) is 4.34. The van der Waals surface area contributed by atoms with E-state index < -0.39 is 0 Å². The van der Waals surface area contributed by atoms with E-state index in [9.17, 15) is 0 Å². The summed E-state index contributed by atoms with van der Waals surface area (Å²) >= 11 is 4.54. The van der Waals surface area contributed by atoms with Crippen molar-refractivity contribution in [3.8, 4) is 0 Å². The number of isothiocyanates is 1. The summed E-state index contributed by atoms with van der Waals surface area (Å²) in [6, 6.07) is 5.99. The SMILES string of the molecule is Cc1nc2ccccn2c1CCN=C=S. The second-order valence-corrected chi connectivity index (χ2v) is 3.48. The zero-order chi connectivity index (χ0) is 10.7. The Morgan fingerprint density at radius 3 is 3.20 bits per heavy atom. The quantitative estimate of drug-likeness (QED) is 0.583. The van der Waals surface area contributed by atoms with Crippen LogP contribution >= 0.6 is 12.2 Å². The van der Waals surface area contributed by atoms with Crippen molar-refractivity contribution in [3.63, 3.8) is 0 Å². The fourth-order valence-corrected chi connectivity index (χ4v) is 1.76. The minimum absolute atomic E-state index is 0.674. The van der Waals surface area contributed by atoms with Crippen molar-refractivity contribution in [1.29, 1.82) is 0 Å². The van der Waals surface area contributed by atoms with E-state index in [0.717, 1.165) is 17.8 Å². The van der Waals surface area contributed by atoms with E-state index in [-0.39, 0.29) is 0 Å². The number of thiocarbonyl (C=S) groups is 1. The van der Waals surface area contributed by atoms with Crippen LogP contribution in [-0.2, 0) is 6.42 Å². The van der Waals surface area contributed by atoms with Crippen LogP contribution in [0, 0.1) is 6.92 Å². The van der Waals surface area contributed by atoms with E-state index in [1.807, 2.05) is 31.3 Å². The van der Waals surface area contributed by atoms with Crippen LogP contribution in [0.1, 0.15) is 11.4 Å². The fourth-order valence-electron chi connectivity index (χ4n) is 1.67. The molecule has 2 heterocycles. The summed E-state index contributed by atoms with van der Waals surface area (Å²) in [5.41, 5.74) is 3.23. The lowest BCUT2D eigenvalue weighted by Gasteiger charge is -1.99. The molecule has 15 heavy (non-hydrogen) atoms. The number of aromatic nitrogens is 2. The number of rotatable bonds is 3. The van der Waals surface area contributed by atoms with E-state index in [1.54, 1.807) is 0 Å². The Kier molecular flexibility index (Phi) is 2.90. The van der Waals surface area contributed by atoms with E-state index in [4.69, 9.17) is 0 Å². The van der Waals surface area contributed by atoms with Crippen LogP contribution in [0.2, 0.25) is 0 Å². The second-order valence-electron chi connectivity index (χ2n) is 3.30. The minimum atomic E-state index is 0.674. The Morgan fingerprint density at radius 2 is 2.40 bits per heavy atom. The molecule has 0 aliphatic carbocycles. The molecule has 0 radical (unpaired) electrons. The van der Waals surface area contributed by atoms with Crippen LogP contribution in [0.5, 0.6) is 0 Å².